The first-order valence-corrected chi connectivity index (χ1v) is 6.99. The molecule has 0 spiro atoms. The van der Waals surface area contributed by atoms with Gasteiger partial charge in [0, 0.05) is 17.3 Å². The molecule has 0 bridgehead atoms. The van der Waals surface area contributed by atoms with Gasteiger partial charge in [-0.15, -0.1) is 11.3 Å². The number of fused-ring (bicyclic) bond motifs is 1. The molecule has 0 radical (unpaired) electrons. The Bertz CT molecular complexity index is 696. The van der Waals surface area contributed by atoms with Crippen molar-refractivity contribution in [2.45, 2.75) is 9.10 Å². The molecule has 2 N–H and O–H groups in total. The van der Waals surface area contributed by atoms with Gasteiger partial charge in [-0.2, -0.15) is 0 Å². The van der Waals surface area contributed by atoms with E-state index in [1.54, 1.807) is 23.6 Å². The molecule has 0 aliphatic rings. The number of thiophene rings is 1. The highest BCUT2D eigenvalue weighted by Gasteiger charge is 2.13. The highest BCUT2D eigenvalue weighted by atomic mass is 32.2. The normalized spacial score (nSPS) is 10.9. The third-order valence-corrected chi connectivity index (χ3v) is 4.66. The minimum Gasteiger partial charge on any atom is -0.398 e. The number of hydrogen-bond donors (Lipinski definition) is 1. The van der Waals surface area contributed by atoms with Crippen LogP contribution >= 0.6 is 23.1 Å². The molecule has 0 fully saturated rings. The van der Waals surface area contributed by atoms with Gasteiger partial charge in [-0.3, -0.25) is 4.98 Å². The van der Waals surface area contributed by atoms with Crippen LogP contribution in [0.25, 0.3) is 10.9 Å². The van der Waals surface area contributed by atoms with Gasteiger partial charge < -0.3 is 5.73 Å². The van der Waals surface area contributed by atoms with Gasteiger partial charge in [0.1, 0.15) is 5.82 Å². The first-order valence-electron chi connectivity index (χ1n) is 5.30. The lowest BCUT2D eigenvalue weighted by Gasteiger charge is -2.08. The van der Waals surface area contributed by atoms with E-state index in [0.717, 1.165) is 9.60 Å². The highest BCUT2D eigenvalue weighted by Crippen LogP contribution is 2.38. The van der Waals surface area contributed by atoms with Gasteiger partial charge in [-0.05, 0) is 29.6 Å². The fourth-order valence-corrected chi connectivity index (χ4v) is 3.55. The zero-order valence-corrected chi connectivity index (χ0v) is 10.9. The van der Waals surface area contributed by atoms with Crippen LogP contribution in [0.2, 0.25) is 0 Å². The molecule has 0 amide bonds. The van der Waals surface area contributed by atoms with E-state index < -0.39 is 0 Å². The summed E-state index contributed by atoms with van der Waals surface area (Å²) in [6.45, 7) is 0. The Labute approximate surface area is 112 Å². The zero-order chi connectivity index (χ0) is 12.5. The topological polar surface area (TPSA) is 38.9 Å². The smallest absolute Gasteiger partial charge is 0.141 e. The predicted molar refractivity (Wildman–Crippen MR) is 74.6 cm³/mol. The SMILES string of the molecule is Nc1cc(F)c(Sc2cccs2)c2ncccc12. The molecular formula is C13H9FN2S2. The van der Waals surface area contributed by atoms with E-state index in [-0.39, 0.29) is 5.82 Å². The Morgan fingerprint density at radius 2 is 2.17 bits per heavy atom. The van der Waals surface area contributed by atoms with Gasteiger partial charge >= 0.3 is 0 Å². The van der Waals surface area contributed by atoms with Crippen LogP contribution in [0.5, 0.6) is 0 Å². The Morgan fingerprint density at radius 3 is 2.94 bits per heavy atom. The van der Waals surface area contributed by atoms with E-state index >= 15 is 0 Å². The lowest BCUT2D eigenvalue weighted by atomic mass is 10.2. The highest BCUT2D eigenvalue weighted by molar-refractivity contribution is 8.01. The van der Waals surface area contributed by atoms with Crippen LogP contribution in [0.4, 0.5) is 10.1 Å². The van der Waals surface area contributed by atoms with Gasteiger partial charge in [-0.1, -0.05) is 17.8 Å². The summed E-state index contributed by atoms with van der Waals surface area (Å²) < 4.78 is 15.1. The molecule has 0 unspecified atom stereocenters. The molecule has 18 heavy (non-hydrogen) atoms. The van der Waals surface area contributed by atoms with Crippen molar-refractivity contribution >= 4 is 39.7 Å². The summed E-state index contributed by atoms with van der Waals surface area (Å²) in [6, 6.07) is 8.92. The predicted octanol–water partition coefficient (Wildman–Crippen LogP) is 4.17. The van der Waals surface area contributed by atoms with Crippen molar-refractivity contribution in [2.24, 2.45) is 0 Å². The fourth-order valence-electron chi connectivity index (χ4n) is 1.73. The zero-order valence-electron chi connectivity index (χ0n) is 9.26. The van der Waals surface area contributed by atoms with Gasteiger partial charge in [0.15, 0.2) is 0 Å². The van der Waals surface area contributed by atoms with Crippen LogP contribution in [-0.2, 0) is 0 Å². The molecule has 2 nitrogen and oxygen atoms in total. The number of nitrogens with two attached hydrogens (primary N) is 1. The van der Waals surface area contributed by atoms with Crippen LogP contribution in [0, 0.1) is 5.82 Å². The third-order valence-electron chi connectivity index (χ3n) is 2.53. The van der Waals surface area contributed by atoms with Gasteiger partial charge in [-0.25, -0.2) is 4.39 Å². The summed E-state index contributed by atoms with van der Waals surface area (Å²) in [5, 5.41) is 2.76. The van der Waals surface area contributed by atoms with Crippen LogP contribution in [-0.4, -0.2) is 4.98 Å². The summed E-state index contributed by atoms with van der Waals surface area (Å²) >= 11 is 2.96. The van der Waals surface area contributed by atoms with Crippen molar-refractivity contribution in [3.63, 3.8) is 0 Å². The Balaban J connectivity index is 2.21. The van der Waals surface area contributed by atoms with Gasteiger partial charge in [0.25, 0.3) is 0 Å². The number of nitrogen functional groups attached to an aromatic ring is 1. The number of aromatic nitrogens is 1. The number of nitrogens with zero attached hydrogens (tertiary/aromatic N) is 1. The summed E-state index contributed by atoms with van der Waals surface area (Å²) in [6.07, 6.45) is 1.65. The maximum absolute atomic E-state index is 14.0. The Hall–Kier alpha value is -1.59. The molecule has 0 saturated carbocycles. The third kappa shape index (κ3) is 1.95. The second kappa shape index (κ2) is 4.59. The van der Waals surface area contributed by atoms with Crippen molar-refractivity contribution in [3.05, 3.63) is 47.7 Å². The summed E-state index contributed by atoms with van der Waals surface area (Å²) in [4.78, 5) is 4.78. The minimum absolute atomic E-state index is 0.322. The lowest BCUT2D eigenvalue weighted by Crippen LogP contribution is -1.93. The molecule has 2 aromatic heterocycles. The fraction of sp³-hybridized carbons (Fsp3) is 0. The molecule has 0 aliphatic carbocycles. The van der Waals surface area contributed by atoms with Crippen LogP contribution < -0.4 is 5.73 Å². The second-order valence-electron chi connectivity index (χ2n) is 3.71. The first kappa shape index (κ1) is 11.5. The maximum atomic E-state index is 14.0. The number of hydrogen-bond acceptors (Lipinski definition) is 4. The van der Waals surface area contributed by atoms with E-state index in [1.807, 2.05) is 23.6 Å². The Morgan fingerprint density at radius 1 is 1.28 bits per heavy atom. The standard InChI is InChI=1S/C13H9FN2S2/c14-9-7-10(15)8-3-1-5-16-12(8)13(9)18-11-4-2-6-17-11/h1-7H,15H2. The molecule has 5 heteroatoms. The number of rotatable bonds is 2. The van der Waals surface area contributed by atoms with Crippen molar-refractivity contribution in [1.29, 1.82) is 0 Å². The van der Waals surface area contributed by atoms with E-state index in [0.29, 0.717) is 16.1 Å². The van der Waals surface area contributed by atoms with Crippen molar-refractivity contribution in [1.82, 2.24) is 4.98 Å². The quantitative estimate of drug-likeness (QED) is 0.714. The number of benzene rings is 1. The summed E-state index contributed by atoms with van der Waals surface area (Å²) in [5.41, 5.74) is 6.85. The summed E-state index contributed by atoms with van der Waals surface area (Å²) in [7, 11) is 0. The minimum atomic E-state index is -0.322. The molecular weight excluding hydrogens is 267 g/mol. The number of pyridine rings is 1. The van der Waals surface area contributed by atoms with E-state index in [9.17, 15) is 4.39 Å². The molecule has 0 saturated heterocycles. The van der Waals surface area contributed by atoms with Gasteiger partial charge in [0.2, 0.25) is 0 Å². The number of halogens is 1. The molecule has 0 atom stereocenters. The molecule has 3 aromatic rings. The van der Waals surface area contributed by atoms with Crippen molar-refractivity contribution < 1.29 is 4.39 Å². The average molecular weight is 276 g/mol. The van der Waals surface area contributed by atoms with Crippen LogP contribution in [0.3, 0.4) is 0 Å². The first-order chi connectivity index (χ1) is 8.75. The molecule has 3 rings (SSSR count). The van der Waals surface area contributed by atoms with E-state index in [2.05, 4.69) is 4.98 Å². The largest absolute Gasteiger partial charge is 0.398 e. The second-order valence-corrected chi connectivity index (χ2v) is 5.97. The Kier molecular flexibility index (Phi) is 2.93. The summed E-state index contributed by atoms with van der Waals surface area (Å²) in [5.74, 6) is -0.322. The average Bonchev–Trinajstić information content (AvgIpc) is 2.87. The van der Waals surface area contributed by atoms with Crippen LogP contribution in [0.1, 0.15) is 0 Å². The number of anilines is 1. The maximum Gasteiger partial charge on any atom is 0.141 e. The monoisotopic (exact) mass is 276 g/mol. The van der Waals surface area contributed by atoms with Crippen LogP contribution in [0.15, 0.2) is 51.0 Å². The van der Waals surface area contributed by atoms with E-state index in [4.69, 9.17) is 5.73 Å². The van der Waals surface area contributed by atoms with Crippen molar-refractivity contribution in [3.8, 4) is 0 Å². The van der Waals surface area contributed by atoms with Crippen molar-refractivity contribution in [2.75, 3.05) is 5.73 Å². The lowest BCUT2D eigenvalue weighted by molar-refractivity contribution is 0.605. The molecule has 2 heterocycles. The molecule has 1 aromatic carbocycles. The van der Waals surface area contributed by atoms with E-state index in [1.165, 1.54) is 17.8 Å². The molecule has 90 valence electrons. The van der Waals surface area contributed by atoms with Gasteiger partial charge in [0.05, 0.1) is 14.6 Å². The molecule has 0 aliphatic heterocycles.